The van der Waals surface area contributed by atoms with Gasteiger partial charge in [-0.15, -0.1) is 5.10 Å². The fraction of sp³-hybridized carbons (Fsp3) is 0.105. The lowest BCUT2D eigenvalue weighted by Gasteiger charge is -2.10. The summed E-state index contributed by atoms with van der Waals surface area (Å²) in [7, 11) is 0. The number of benzene rings is 1. The number of nitrogens with zero attached hydrogens (tertiary/aromatic N) is 5. The second kappa shape index (κ2) is 7.58. The maximum Gasteiger partial charge on any atom is 0.254 e. The molecule has 0 aliphatic heterocycles. The number of amides is 1. The monoisotopic (exact) mass is 395 g/mol. The van der Waals surface area contributed by atoms with Crippen molar-refractivity contribution in [3.8, 4) is 11.4 Å². The molecule has 8 nitrogen and oxygen atoms in total. The minimum absolute atomic E-state index is 0.103. The summed E-state index contributed by atoms with van der Waals surface area (Å²) >= 11 is 0. The molecule has 0 unspecified atom stereocenters. The van der Waals surface area contributed by atoms with E-state index in [1.54, 1.807) is 31.5 Å². The number of anilines is 2. The molecular weight excluding hydrogens is 380 g/mol. The van der Waals surface area contributed by atoms with Crippen LogP contribution in [0, 0.1) is 18.6 Å². The zero-order valence-corrected chi connectivity index (χ0v) is 15.2. The number of hydrogen-bond acceptors (Lipinski definition) is 6. The third-order valence-corrected chi connectivity index (χ3v) is 4.00. The van der Waals surface area contributed by atoms with Gasteiger partial charge >= 0.3 is 0 Å². The average Bonchev–Trinajstić information content (AvgIpc) is 3.13. The molecule has 4 aromatic rings. The van der Waals surface area contributed by atoms with Gasteiger partial charge in [0.15, 0.2) is 5.82 Å². The number of fused-ring (bicyclic) bond motifs is 1. The first kappa shape index (κ1) is 18.4. The van der Waals surface area contributed by atoms with E-state index in [9.17, 15) is 13.6 Å². The normalized spacial score (nSPS) is 10.9. The number of aromatic nitrogens is 5. The van der Waals surface area contributed by atoms with Gasteiger partial charge in [-0.3, -0.25) is 9.78 Å². The highest BCUT2D eigenvalue weighted by Gasteiger charge is 2.13. The Morgan fingerprint density at radius 2 is 2.03 bits per heavy atom. The van der Waals surface area contributed by atoms with Crippen LogP contribution in [-0.4, -0.2) is 37.0 Å². The van der Waals surface area contributed by atoms with Crippen molar-refractivity contribution < 1.29 is 13.6 Å². The molecule has 146 valence electrons. The van der Waals surface area contributed by atoms with Crippen LogP contribution in [0.5, 0.6) is 0 Å². The molecule has 1 aromatic carbocycles. The van der Waals surface area contributed by atoms with Gasteiger partial charge in [0.05, 0.1) is 12.2 Å². The number of carbonyl (C=O) groups excluding carboxylic acids is 1. The molecule has 29 heavy (non-hydrogen) atoms. The lowest BCUT2D eigenvalue weighted by atomic mass is 10.3. The van der Waals surface area contributed by atoms with Crippen molar-refractivity contribution in [1.82, 2.24) is 24.6 Å². The molecule has 3 heterocycles. The standard InChI is InChI=1S/C19H15F2N7O/c1-11-7-16(23-10-17(29)25-15-5-4-13(20)8-14(15)21)28-19(24-11)26-18(27-28)12-3-2-6-22-9-12/h2-9,23H,10H2,1H3,(H,25,29). The second-order valence-electron chi connectivity index (χ2n) is 6.20. The summed E-state index contributed by atoms with van der Waals surface area (Å²) in [6, 6.07) is 8.24. The molecule has 4 rings (SSSR count). The number of pyridine rings is 1. The molecule has 0 aliphatic carbocycles. The van der Waals surface area contributed by atoms with E-state index in [1.807, 2.05) is 6.07 Å². The molecule has 10 heteroatoms. The molecular formula is C19H15F2N7O. The van der Waals surface area contributed by atoms with Gasteiger partial charge in [0.1, 0.15) is 17.5 Å². The first-order valence-corrected chi connectivity index (χ1v) is 8.63. The summed E-state index contributed by atoms with van der Waals surface area (Å²) in [4.78, 5) is 25.0. The molecule has 1 amide bonds. The average molecular weight is 395 g/mol. The van der Waals surface area contributed by atoms with Crippen molar-refractivity contribution in [1.29, 1.82) is 0 Å². The van der Waals surface area contributed by atoms with E-state index in [0.29, 0.717) is 29.2 Å². The Kier molecular flexibility index (Phi) is 4.82. The SMILES string of the molecule is Cc1cc(NCC(=O)Nc2ccc(F)cc2F)n2nc(-c3cccnc3)nc2n1. The molecule has 0 spiro atoms. The third kappa shape index (κ3) is 4.00. The molecule has 3 aromatic heterocycles. The molecule has 0 saturated carbocycles. The number of hydrogen-bond donors (Lipinski definition) is 2. The molecule has 0 saturated heterocycles. The lowest BCUT2D eigenvalue weighted by Crippen LogP contribution is -2.23. The fourth-order valence-corrected chi connectivity index (χ4v) is 2.69. The highest BCUT2D eigenvalue weighted by atomic mass is 19.1. The van der Waals surface area contributed by atoms with E-state index in [-0.39, 0.29) is 12.2 Å². The van der Waals surface area contributed by atoms with Crippen LogP contribution in [0.2, 0.25) is 0 Å². The van der Waals surface area contributed by atoms with Gasteiger partial charge in [-0.1, -0.05) is 0 Å². The quantitative estimate of drug-likeness (QED) is 0.539. The zero-order chi connectivity index (χ0) is 20.4. The first-order valence-electron chi connectivity index (χ1n) is 8.63. The van der Waals surface area contributed by atoms with Gasteiger partial charge in [-0.2, -0.15) is 9.50 Å². The van der Waals surface area contributed by atoms with Crippen molar-refractivity contribution in [3.63, 3.8) is 0 Å². The van der Waals surface area contributed by atoms with E-state index in [2.05, 4.69) is 30.7 Å². The molecule has 0 bridgehead atoms. The Labute approximate surface area is 163 Å². The second-order valence-corrected chi connectivity index (χ2v) is 6.20. The Balaban J connectivity index is 1.54. The van der Waals surface area contributed by atoms with Crippen molar-refractivity contribution >= 4 is 23.2 Å². The summed E-state index contributed by atoms with van der Waals surface area (Å²) in [5, 5.41) is 9.75. The predicted molar refractivity (Wildman–Crippen MR) is 102 cm³/mol. The number of carbonyl (C=O) groups is 1. The van der Waals surface area contributed by atoms with E-state index >= 15 is 0 Å². The van der Waals surface area contributed by atoms with Crippen LogP contribution in [0.25, 0.3) is 17.2 Å². The molecule has 0 fully saturated rings. The summed E-state index contributed by atoms with van der Waals surface area (Å²) < 4.78 is 28.1. The topological polar surface area (TPSA) is 97.1 Å². The number of nitrogens with one attached hydrogen (secondary N) is 2. The van der Waals surface area contributed by atoms with Crippen molar-refractivity contribution in [2.24, 2.45) is 0 Å². The van der Waals surface area contributed by atoms with Gasteiger partial charge in [0, 0.05) is 35.8 Å². The van der Waals surface area contributed by atoms with Crippen molar-refractivity contribution in [2.45, 2.75) is 6.92 Å². The summed E-state index contributed by atoms with van der Waals surface area (Å²) in [6.45, 7) is 1.62. The van der Waals surface area contributed by atoms with Gasteiger partial charge in [0.25, 0.3) is 5.78 Å². The minimum atomic E-state index is -0.849. The summed E-state index contributed by atoms with van der Waals surface area (Å²) in [5.74, 6) is -0.786. The summed E-state index contributed by atoms with van der Waals surface area (Å²) in [6.07, 6.45) is 3.29. The molecule has 2 N–H and O–H groups in total. The Bertz CT molecular complexity index is 1190. The van der Waals surface area contributed by atoms with Crippen LogP contribution in [0.15, 0.2) is 48.8 Å². The summed E-state index contributed by atoms with van der Waals surface area (Å²) in [5.41, 5.74) is 1.30. The minimum Gasteiger partial charge on any atom is -0.361 e. The maximum absolute atomic E-state index is 13.7. The third-order valence-electron chi connectivity index (χ3n) is 4.00. The maximum atomic E-state index is 13.7. The van der Waals surface area contributed by atoms with Gasteiger partial charge in [-0.05, 0) is 31.2 Å². The van der Waals surface area contributed by atoms with Crippen molar-refractivity contribution in [3.05, 3.63) is 66.1 Å². The highest BCUT2D eigenvalue weighted by Crippen LogP contribution is 2.18. The van der Waals surface area contributed by atoms with E-state index in [0.717, 1.165) is 17.7 Å². The van der Waals surface area contributed by atoms with Gasteiger partial charge in [0.2, 0.25) is 5.91 Å². The molecule has 0 atom stereocenters. The Morgan fingerprint density at radius 3 is 2.79 bits per heavy atom. The van der Waals surface area contributed by atoms with Crippen LogP contribution in [-0.2, 0) is 4.79 Å². The number of aryl methyl sites for hydroxylation is 1. The fourth-order valence-electron chi connectivity index (χ4n) is 2.69. The Morgan fingerprint density at radius 1 is 1.17 bits per heavy atom. The van der Waals surface area contributed by atoms with Crippen LogP contribution in [0.4, 0.5) is 20.3 Å². The van der Waals surface area contributed by atoms with Crippen LogP contribution in [0.3, 0.4) is 0 Å². The van der Waals surface area contributed by atoms with Gasteiger partial charge < -0.3 is 10.6 Å². The molecule has 0 radical (unpaired) electrons. The molecule has 0 aliphatic rings. The lowest BCUT2D eigenvalue weighted by molar-refractivity contribution is -0.114. The highest BCUT2D eigenvalue weighted by molar-refractivity contribution is 5.93. The van der Waals surface area contributed by atoms with Gasteiger partial charge in [-0.25, -0.2) is 13.8 Å². The van der Waals surface area contributed by atoms with Crippen molar-refractivity contribution in [2.75, 3.05) is 17.2 Å². The van der Waals surface area contributed by atoms with Crippen LogP contribution in [0.1, 0.15) is 5.69 Å². The Hall–Kier alpha value is -3.95. The van der Waals surface area contributed by atoms with Crippen LogP contribution >= 0.6 is 0 Å². The smallest absolute Gasteiger partial charge is 0.254 e. The largest absolute Gasteiger partial charge is 0.361 e. The van der Waals surface area contributed by atoms with E-state index in [1.165, 1.54) is 4.52 Å². The number of halogens is 2. The predicted octanol–water partition coefficient (Wildman–Crippen LogP) is 2.82. The first-order chi connectivity index (χ1) is 14.0. The van der Waals surface area contributed by atoms with E-state index in [4.69, 9.17) is 0 Å². The number of rotatable bonds is 5. The van der Waals surface area contributed by atoms with Crippen LogP contribution < -0.4 is 10.6 Å². The van der Waals surface area contributed by atoms with E-state index < -0.39 is 17.5 Å². The zero-order valence-electron chi connectivity index (χ0n) is 15.2.